The summed E-state index contributed by atoms with van der Waals surface area (Å²) in [6.07, 6.45) is 2.66. The van der Waals surface area contributed by atoms with Crippen molar-refractivity contribution in [2.24, 2.45) is 5.92 Å². The van der Waals surface area contributed by atoms with Crippen LogP contribution in [-0.4, -0.2) is 48.3 Å². The van der Waals surface area contributed by atoms with E-state index in [1.807, 2.05) is 0 Å². The summed E-state index contributed by atoms with van der Waals surface area (Å²) in [5.41, 5.74) is 0. The summed E-state index contributed by atoms with van der Waals surface area (Å²) in [6, 6.07) is 0.613. The Morgan fingerprint density at radius 1 is 1.44 bits per heavy atom. The van der Waals surface area contributed by atoms with Crippen LogP contribution in [0.3, 0.4) is 0 Å². The average Bonchev–Trinajstić information content (AvgIpc) is 2.99. The molecule has 0 amide bonds. The summed E-state index contributed by atoms with van der Waals surface area (Å²) in [6.45, 7) is 7.29. The highest BCUT2D eigenvalue weighted by Crippen LogP contribution is 2.26. The van der Waals surface area contributed by atoms with Gasteiger partial charge in [0.2, 0.25) is 0 Å². The number of carboxylic acid groups (broad SMARTS) is 1. The van der Waals surface area contributed by atoms with Gasteiger partial charge in [-0.05, 0) is 18.8 Å². The minimum absolute atomic E-state index is 0.237. The first kappa shape index (κ1) is 13.5. The van der Waals surface area contributed by atoms with Crippen LogP contribution < -0.4 is 0 Å². The smallest absolute Gasteiger partial charge is 0.304 e. The van der Waals surface area contributed by atoms with Gasteiger partial charge in [0.15, 0.2) is 0 Å². The number of carboxylic acids is 1. The van der Waals surface area contributed by atoms with Crippen LogP contribution in [0, 0.1) is 5.92 Å². The lowest BCUT2D eigenvalue weighted by Gasteiger charge is -2.21. The zero-order chi connectivity index (χ0) is 12.0. The summed E-state index contributed by atoms with van der Waals surface area (Å²) in [5.74, 6) is -0.151. The highest BCUT2D eigenvalue weighted by Gasteiger charge is 2.28. The Morgan fingerprint density at radius 3 is 2.62 bits per heavy atom. The predicted octanol–water partition coefficient (Wildman–Crippen LogP) is 1.60. The molecule has 0 spiro atoms. The van der Waals surface area contributed by atoms with E-state index < -0.39 is 5.97 Å². The van der Waals surface area contributed by atoms with E-state index in [1.54, 1.807) is 0 Å². The summed E-state index contributed by atoms with van der Waals surface area (Å²) in [7, 11) is 0. The minimum atomic E-state index is -0.714. The van der Waals surface area contributed by atoms with Crippen molar-refractivity contribution in [3.63, 3.8) is 0 Å². The number of ether oxygens (including phenoxy) is 1. The van der Waals surface area contributed by atoms with Gasteiger partial charge in [0, 0.05) is 25.7 Å². The first-order valence-electron chi connectivity index (χ1n) is 6.13. The molecule has 1 fully saturated rings. The molecule has 0 heterocycles. The molecule has 0 aromatic rings. The van der Waals surface area contributed by atoms with Gasteiger partial charge in [-0.3, -0.25) is 9.69 Å². The molecule has 1 rings (SSSR count). The van der Waals surface area contributed by atoms with Crippen LogP contribution in [0.2, 0.25) is 0 Å². The van der Waals surface area contributed by atoms with E-state index in [2.05, 4.69) is 18.7 Å². The molecule has 4 nitrogen and oxygen atoms in total. The second-order valence-electron chi connectivity index (χ2n) is 4.88. The molecule has 0 bridgehead atoms. The summed E-state index contributed by atoms with van der Waals surface area (Å²) in [5, 5.41) is 8.65. The standard InChI is InChI=1S/C12H23NO3/c1-10(2)9-16-8-7-13(11-3-4-11)6-5-12(14)15/h10-11H,3-9H2,1-2H3,(H,14,15). The lowest BCUT2D eigenvalue weighted by atomic mass is 10.2. The SMILES string of the molecule is CC(C)COCCN(CCC(=O)O)C1CC1. The van der Waals surface area contributed by atoms with Crippen LogP contribution in [0.5, 0.6) is 0 Å². The molecule has 4 heteroatoms. The molecule has 16 heavy (non-hydrogen) atoms. The minimum Gasteiger partial charge on any atom is -0.481 e. The third kappa shape index (κ3) is 6.08. The van der Waals surface area contributed by atoms with E-state index in [1.165, 1.54) is 12.8 Å². The summed E-state index contributed by atoms with van der Waals surface area (Å²) >= 11 is 0. The summed E-state index contributed by atoms with van der Waals surface area (Å²) in [4.78, 5) is 12.8. The number of carbonyl (C=O) groups is 1. The molecule has 0 aliphatic heterocycles. The number of aliphatic carboxylic acids is 1. The van der Waals surface area contributed by atoms with Gasteiger partial charge in [-0.15, -0.1) is 0 Å². The van der Waals surface area contributed by atoms with Crippen molar-refractivity contribution in [3.8, 4) is 0 Å². The molecule has 1 aliphatic carbocycles. The normalized spacial score (nSPS) is 16.0. The highest BCUT2D eigenvalue weighted by atomic mass is 16.5. The van der Waals surface area contributed by atoms with Crippen LogP contribution in [0.1, 0.15) is 33.1 Å². The zero-order valence-corrected chi connectivity index (χ0v) is 10.3. The molecule has 1 N–H and O–H groups in total. The molecule has 0 unspecified atom stereocenters. The molecule has 0 aromatic heterocycles. The Kier molecular flexibility index (Phi) is 5.77. The topological polar surface area (TPSA) is 49.8 Å². The van der Waals surface area contributed by atoms with E-state index in [0.29, 0.717) is 25.1 Å². The summed E-state index contributed by atoms with van der Waals surface area (Å²) < 4.78 is 5.52. The van der Waals surface area contributed by atoms with Gasteiger partial charge < -0.3 is 9.84 Å². The molecule has 0 aromatic carbocycles. The van der Waals surface area contributed by atoms with Crippen molar-refractivity contribution in [2.75, 3.05) is 26.3 Å². The Bertz CT molecular complexity index is 214. The Balaban J connectivity index is 2.10. The van der Waals surface area contributed by atoms with Crippen molar-refractivity contribution in [1.82, 2.24) is 4.90 Å². The van der Waals surface area contributed by atoms with Gasteiger partial charge in [0.1, 0.15) is 0 Å². The van der Waals surface area contributed by atoms with Gasteiger partial charge >= 0.3 is 5.97 Å². The van der Waals surface area contributed by atoms with Gasteiger partial charge in [0.05, 0.1) is 13.0 Å². The number of hydrogen-bond donors (Lipinski definition) is 1. The molecule has 1 saturated carbocycles. The van der Waals surface area contributed by atoms with Crippen molar-refractivity contribution >= 4 is 5.97 Å². The lowest BCUT2D eigenvalue weighted by Crippen LogP contribution is -2.32. The molecule has 1 aliphatic rings. The molecule has 0 atom stereocenters. The first-order chi connectivity index (χ1) is 7.59. The van der Waals surface area contributed by atoms with Gasteiger partial charge in [0.25, 0.3) is 0 Å². The van der Waals surface area contributed by atoms with Crippen LogP contribution >= 0.6 is 0 Å². The molecular weight excluding hydrogens is 206 g/mol. The van der Waals surface area contributed by atoms with E-state index in [0.717, 1.165) is 13.2 Å². The molecular formula is C12H23NO3. The van der Waals surface area contributed by atoms with E-state index in [-0.39, 0.29) is 6.42 Å². The molecule has 0 radical (unpaired) electrons. The molecule has 0 saturated heterocycles. The number of nitrogens with zero attached hydrogens (tertiary/aromatic N) is 1. The quantitative estimate of drug-likeness (QED) is 0.610. The van der Waals surface area contributed by atoms with Crippen molar-refractivity contribution < 1.29 is 14.6 Å². The fourth-order valence-corrected chi connectivity index (χ4v) is 1.66. The largest absolute Gasteiger partial charge is 0.481 e. The number of hydrogen-bond acceptors (Lipinski definition) is 3. The highest BCUT2D eigenvalue weighted by molar-refractivity contribution is 5.66. The van der Waals surface area contributed by atoms with Gasteiger partial charge in [-0.1, -0.05) is 13.8 Å². The maximum absolute atomic E-state index is 10.5. The Morgan fingerprint density at radius 2 is 2.12 bits per heavy atom. The lowest BCUT2D eigenvalue weighted by molar-refractivity contribution is -0.137. The van der Waals surface area contributed by atoms with Crippen molar-refractivity contribution in [2.45, 2.75) is 39.2 Å². The van der Waals surface area contributed by atoms with Crippen LogP contribution in [0.15, 0.2) is 0 Å². The first-order valence-corrected chi connectivity index (χ1v) is 6.13. The number of rotatable bonds is 9. The monoisotopic (exact) mass is 229 g/mol. The van der Waals surface area contributed by atoms with E-state index in [4.69, 9.17) is 9.84 Å². The third-order valence-corrected chi connectivity index (χ3v) is 2.65. The van der Waals surface area contributed by atoms with E-state index >= 15 is 0 Å². The van der Waals surface area contributed by atoms with Crippen LogP contribution in [0.4, 0.5) is 0 Å². The molecule has 94 valence electrons. The van der Waals surface area contributed by atoms with Crippen LogP contribution in [-0.2, 0) is 9.53 Å². The van der Waals surface area contributed by atoms with Crippen molar-refractivity contribution in [1.29, 1.82) is 0 Å². The van der Waals surface area contributed by atoms with Crippen LogP contribution in [0.25, 0.3) is 0 Å². The second kappa shape index (κ2) is 6.86. The maximum atomic E-state index is 10.5. The second-order valence-corrected chi connectivity index (χ2v) is 4.88. The fraction of sp³-hybridized carbons (Fsp3) is 0.917. The fourth-order valence-electron chi connectivity index (χ4n) is 1.66. The Labute approximate surface area is 97.6 Å². The Hall–Kier alpha value is -0.610. The average molecular weight is 229 g/mol. The zero-order valence-electron chi connectivity index (χ0n) is 10.3. The third-order valence-electron chi connectivity index (χ3n) is 2.65. The van der Waals surface area contributed by atoms with Crippen molar-refractivity contribution in [3.05, 3.63) is 0 Å². The maximum Gasteiger partial charge on any atom is 0.304 e. The van der Waals surface area contributed by atoms with Gasteiger partial charge in [-0.25, -0.2) is 0 Å². The van der Waals surface area contributed by atoms with Gasteiger partial charge in [-0.2, -0.15) is 0 Å². The predicted molar refractivity (Wildman–Crippen MR) is 62.5 cm³/mol. The van der Waals surface area contributed by atoms with E-state index in [9.17, 15) is 4.79 Å².